The number of aromatic nitrogens is 1. The van der Waals surface area contributed by atoms with E-state index in [1.54, 1.807) is 6.20 Å². The molecular weight excluding hydrogens is 376 g/mol. The minimum Gasteiger partial charge on any atom is -0.358 e. The fourth-order valence-corrected chi connectivity index (χ4v) is 2.88. The topological polar surface area (TPSA) is 16.1 Å². The summed E-state index contributed by atoms with van der Waals surface area (Å²) in [7, 11) is 2.03. The molecule has 14 heavy (non-hydrogen) atoms. The van der Waals surface area contributed by atoms with Crippen LogP contribution >= 0.6 is 47.8 Å². The highest BCUT2D eigenvalue weighted by Crippen LogP contribution is 2.26. The molecule has 1 atom stereocenters. The van der Waals surface area contributed by atoms with Crippen molar-refractivity contribution in [2.24, 2.45) is 0 Å². The van der Waals surface area contributed by atoms with Crippen LogP contribution in [0.4, 0.5) is 5.82 Å². The molecule has 5 heteroatoms. The van der Waals surface area contributed by atoms with Crippen molar-refractivity contribution in [2.45, 2.75) is 11.8 Å². The number of pyridine rings is 1. The monoisotopic (exact) mass is 384 g/mol. The molecule has 0 fully saturated rings. The van der Waals surface area contributed by atoms with Gasteiger partial charge in [-0.05, 0) is 37.9 Å². The number of alkyl halides is 1. The molecule has 0 spiro atoms. The second kappa shape index (κ2) is 5.47. The molecule has 1 aromatic rings. The number of nitrogens with zero attached hydrogens (tertiary/aromatic N) is 2. The number of rotatable bonds is 3. The van der Waals surface area contributed by atoms with Crippen LogP contribution in [-0.4, -0.2) is 23.4 Å². The van der Waals surface area contributed by atoms with Crippen LogP contribution in [0.2, 0.25) is 0 Å². The van der Waals surface area contributed by atoms with Crippen LogP contribution in [-0.2, 0) is 0 Å². The van der Waals surface area contributed by atoms with E-state index >= 15 is 0 Å². The Bertz CT molecular complexity index is 315. The van der Waals surface area contributed by atoms with Crippen molar-refractivity contribution in [1.29, 1.82) is 0 Å². The molecule has 1 unspecified atom stereocenters. The highest BCUT2D eigenvalue weighted by molar-refractivity contribution is 9.11. The number of halogens is 3. The van der Waals surface area contributed by atoms with Crippen molar-refractivity contribution in [3.8, 4) is 0 Å². The summed E-state index contributed by atoms with van der Waals surface area (Å²) in [6, 6.07) is 2.00. The van der Waals surface area contributed by atoms with Crippen molar-refractivity contribution < 1.29 is 0 Å². The molecule has 0 bridgehead atoms. The quantitative estimate of drug-likeness (QED) is 0.734. The molecule has 0 aliphatic heterocycles. The third-order valence-electron chi connectivity index (χ3n) is 1.68. The van der Waals surface area contributed by atoms with E-state index < -0.39 is 0 Å². The summed E-state index contributed by atoms with van der Waals surface area (Å²) in [5.41, 5.74) is 0. The molecule has 0 aliphatic carbocycles. The van der Waals surface area contributed by atoms with Crippen molar-refractivity contribution >= 4 is 53.6 Å². The maximum atomic E-state index is 4.34. The number of hydrogen-bond donors (Lipinski definition) is 0. The van der Waals surface area contributed by atoms with Gasteiger partial charge in [0.25, 0.3) is 0 Å². The Balaban J connectivity index is 2.84. The lowest BCUT2D eigenvalue weighted by Crippen LogP contribution is -2.25. The van der Waals surface area contributed by atoms with Gasteiger partial charge in [0.05, 0.1) is 4.47 Å². The Morgan fingerprint density at radius 3 is 2.64 bits per heavy atom. The molecular formula is C9H11Br3N2. The fourth-order valence-electron chi connectivity index (χ4n) is 1.15. The summed E-state index contributed by atoms with van der Waals surface area (Å²) in [6.45, 7) is 3.04. The van der Waals surface area contributed by atoms with Gasteiger partial charge in [-0.15, -0.1) is 0 Å². The summed E-state index contributed by atoms with van der Waals surface area (Å²) in [6.07, 6.45) is 1.80. The average Bonchev–Trinajstić information content (AvgIpc) is 2.01. The Morgan fingerprint density at radius 1 is 1.50 bits per heavy atom. The second-order valence-corrected chi connectivity index (χ2v) is 6.45. The fraction of sp³-hybridized carbons (Fsp3) is 0.444. The molecule has 0 N–H and O–H groups in total. The first-order chi connectivity index (χ1) is 6.50. The zero-order chi connectivity index (χ0) is 10.7. The summed E-state index contributed by atoms with van der Waals surface area (Å²) < 4.78 is 1.98. The van der Waals surface area contributed by atoms with Gasteiger partial charge in [-0.25, -0.2) is 4.98 Å². The summed E-state index contributed by atoms with van der Waals surface area (Å²) in [5, 5.41) is 0. The molecule has 0 amide bonds. The van der Waals surface area contributed by atoms with Crippen LogP contribution in [0, 0.1) is 0 Å². The van der Waals surface area contributed by atoms with E-state index in [0.717, 1.165) is 21.3 Å². The van der Waals surface area contributed by atoms with Crippen LogP contribution in [0.15, 0.2) is 21.2 Å². The summed E-state index contributed by atoms with van der Waals surface area (Å²) in [5.74, 6) is 0.958. The zero-order valence-corrected chi connectivity index (χ0v) is 12.7. The van der Waals surface area contributed by atoms with Crippen molar-refractivity contribution in [1.82, 2.24) is 4.98 Å². The molecule has 0 saturated carbocycles. The second-order valence-electron chi connectivity index (χ2n) is 3.12. The molecule has 0 saturated heterocycles. The standard InChI is InChI=1S/C9H11Br3N2/c1-6(10)5-14(2)9-8(12)3-7(11)4-13-9/h3-4,6H,5H2,1-2H3. The predicted octanol–water partition coefficient (Wildman–Crippen LogP) is 3.83. The Hall–Kier alpha value is 0.390. The third kappa shape index (κ3) is 3.51. The van der Waals surface area contributed by atoms with Crippen molar-refractivity contribution in [3.63, 3.8) is 0 Å². The molecule has 2 nitrogen and oxygen atoms in total. The van der Waals surface area contributed by atoms with E-state index in [0.29, 0.717) is 4.83 Å². The van der Waals surface area contributed by atoms with Gasteiger partial charge < -0.3 is 4.90 Å². The Morgan fingerprint density at radius 2 is 2.14 bits per heavy atom. The minimum atomic E-state index is 0.449. The van der Waals surface area contributed by atoms with E-state index in [9.17, 15) is 0 Å². The molecule has 0 aliphatic rings. The zero-order valence-electron chi connectivity index (χ0n) is 7.97. The van der Waals surface area contributed by atoms with E-state index in [1.165, 1.54) is 0 Å². The molecule has 0 aromatic carbocycles. The van der Waals surface area contributed by atoms with E-state index in [4.69, 9.17) is 0 Å². The van der Waals surface area contributed by atoms with Gasteiger partial charge in [0.1, 0.15) is 5.82 Å². The first kappa shape index (κ1) is 12.5. The lowest BCUT2D eigenvalue weighted by atomic mass is 10.4. The highest BCUT2D eigenvalue weighted by atomic mass is 79.9. The van der Waals surface area contributed by atoms with E-state index in [-0.39, 0.29) is 0 Å². The largest absolute Gasteiger partial charge is 0.358 e. The van der Waals surface area contributed by atoms with Crippen molar-refractivity contribution in [3.05, 3.63) is 21.2 Å². The van der Waals surface area contributed by atoms with E-state index in [1.807, 2.05) is 13.1 Å². The molecule has 0 radical (unpaired) electrons. The first-order valence-electron chi connectivity index (χ1n) is 4.17. The first-order valence-corrected chi connectivity index (χ1v) is 6.67. The highest BCUT2D eigenvalue weighted by Gasteiger charge is 2.09. The van der Waals surface area contributed by atoms with Crippen LogP contribution < -0.4 is 4.90 Å². The average molecular weight is 387 g/mol. The maximum Gasteiger partial charge on any atom is 0.142 e. The van der Waals surface area contributed by atoms with Gasteiger partial charge in [-0.3, -0.25) is 0 Å². The molecule has 1 heterocycles. The summed E-state index contributed by atoms with van der Waals surface area (Å²) in [4.78, 5) is 6.90. The molecule has 78 valence electrons. The van der Waals surface area contributed by atoms with Gasteiger partial charge in [0.15, 0.2) is 0 Å². The lowest BCUT2D eigenvalue weighted by Gasteiger charge is -2.20. The van der Waals surface area contributed by atoms with E-state index in [2.05, 4.69) is 64.6 Å². The van der Waals surface area contributed by atoms with Gasteiger partial charge in [0, 0.05) is 29.1 Å². The maximum absolute atomic E-state index is 4.34. The number of anilines is 1. The smallest absolute Gasteiger partial charge is 0.142 e. The third-order valence-corrected chi connectivity index (χ3v) is 2.98. The predicted molar refractivity (Wildman–Crippen MR) is 71.3 cm³/mol. The molecule has 1 rings (SSSR count). The normalized spacial score (nSPS) is 12.6. The van der Waals surface area contributed by atoms with Gasteiger partial charge in [-0.2, -0.15) is 0 Å². The molecule has 1 aromatic heterocycles. The van der Waals surface area contributed by atoms with Gasteiger partial charge >= 0.3 is 0 Å². The van der Waals surface area contributed by atoms with Gasteiger partial charge in [0.2, 0.25) is 0 Å². The number of hydrogen-bond acceptors (Lipinski definition) is 2. The Kier molecular flexibility index (Phi) is 4.87. The van der Waals surface area contributed by atoms with Crippen LogP contribution in [0.3, 0.4) is 0 Å². The Labute approximate surface area is 109 Å². The van der Waals surface area contributed by atoms with Gasteiger partial charge in [-0.1, -0.05) is 22.9 Å². The lowest BCUT2D eigenvalue weighted by molar-refractivity contribution is 0.857. The minimum absolute atomic E-state index is 0.449. The van der Waals surface area contributed by atoms with Crippen LogP contribution in [0.5, 0.6) is 0 Å². The summed E-state index contributed by atoms with van der Waals surface area (Å²) >= 11 is 10.4. The van der Waals surface area contributed by atoms with Crippen LogP contribution in [0.1, 0.15) is 6.92 Å². The van der Waals surface area contributed by atoms with Crippen LogP contribution in [0.25, 0.3) is 0 Å². The SMILES string of the molecule is CC(Br)CN(C)c1ncc(Br)cc1Br. The van der Waals surface area contributed by atoms with Crippen molar-refractivity contribution in [2.75, 3.05) is 18.5 Å².